The Balaban J connectivity index is 1.67. The van der Waals surface area contributed by atoms with Crippen LogP contribution in [-0.4, -0.2) is 38.5 Å². The van der Waals surface area contributed by atoms with Crippen molar-refractivity contribution in [2.45, 2.75) is 25.0 Å². The van der Waals surface area contributed by atoms with Gasteiger partial charge in [-0.25, -0.2) is 18.3 Å². The van der Waals surface area contributed by atoms with Crippen molar-refractivity contribution < 1.29 is 18.6 Å². The average Bonchev–Trinajstić information content (AvgIpc) is 3.28. The molecule has 0 saturated carbocycles. The van der Waals surface area contributed by atoms with Gasteiger partial charge in [0.2, 0.25) is 0 Å². The van der Waals surface area contributed by atoms with E-state index >= 15 is 0 Å². The summed E-state index contributed by atoms with van der Waals surface area (Å²) in [7, 11) is 0. The number of fused-ring (bicyclic) bond motifs is 2. The first-order chi connectivity index (χ1) is 13.9. The zero-order valence-corrected chi connectivity index (χ0v) is 15.8. The van der Waals surface area contributed by atoms with Gasteiger partial charge in [0, 0.05) is 30.3 Å². The Morgan fingerprint density at radius 3 is 3.00 bits per heavy atom. The molecule has 0 radical (unpaired) electrons. The van der Waals surface area contributed by atoms with Crippen LogP contribution in [0.2, 0.25) is 0 Å². The molecule has 2 atom stereocenters. The topological polar surface area (TPSA) is 97.7 Å². The second-order valence-electron chi connectivity index (χ2n) is 7.23. The predicted octanol–water partition coefficient (Wildman–Crippen LogP) is 3.17. The summed E-state index contributed by atoms with van der Waals surface area (Å²) in [5.74, 6) is 0.364. The molecule has 3 heterocycles. The van der Waals surface area contributed by atoms with Crippen LogP contribution in [0.1, 0.15) is 29.7 Å². The van der Waals surface area contributed by atoms with Crippen LogP contribution in [0, 0.1) is 5.82 Å². The van der Waals surface area contributed by atoms with E-state index in [1.165, 1.54) is 22.8 Å². The lowest BCUT2D eigenvalue weighted by atomic mass is 9.96. The second-order valence-corrected chi connectivity index (χ2v) is 7.23. The molecule has 1 unspecified atom stereocenters. The number of hydrogen-bond donors (Lipinski definition) is 3. The summed E-state index contributed by atoms with van der Waals surface area (Å²) < 4.78 is 35.1. The molecule has 0 amide bonds. The van der Waals surface area contributed by atoms with Gasteiger partial charge in [0.05, 0.1) is 17.8 Å². The van der Waals surface area contributed by atoms with Gasteiger partial charge in [-0.3, -0.25) is 0 Å². The Hall–Kier alpha value is -3.20. The fourth-order valence-electron chi connectivity index (χ4n) is 3.55. The SMILES string of the molecule is C=C(O)c1cnn2ccc(N[C@H](C)c3cc(F)cc4c3OC(CN)(CF)C4)nc12. The molecule has 0 aliphatic carbocycles. The molecule has 1 aliphatic heterocycles. The number of halogens is 2. The fraction of sp³-hybridized carbons (Fsp3) is 0.300. The minimum atomic E-state index is -1.16. The summed E-state index contributed by atoms with van der Waals surface area (Å²) in [4.78, 5) is 4.45. The molecule has 7 nitrogen and oxygen atoms in total. The number of aromatic nitrogens is 3. The van der Waals surface area contributed by atoms with Gasteiger partial charge in [-0.1, -0.05) is 6.58 Å². The Bertz CT molecular complexity index is 1090. The first kappa shape index (κ1) is 19.1. The molecule has 0 bridgehead atoms. The molecular formula is C20H21F2N5O2. The Morgan fingerprint density at radius 2 is 2.31 bits per heavy atom. The predicted molar refractivity (Wildman–Crippen MR) is 105 cm³/mol. The van der Waals surface area contributed by atoms with Crippen LogP contribution in [-0.2, 0) is 6.42 Å². The lowest BCUT2D eigenvalue weighted by molar-refractivity contribution is 0.0719. The minimum Gasteiger partial charge on any atom is -0.508 e. The Labute approximate surface area is 165 Å². The zero-order valence-electron chi connectivity index (χ0n) is 15.8. The number of aliphatic hydroxyl groups is 1. The van der Waals surface area contributed by atoms with Crippen molar-refractivity contribution in [3.05, 3.63) is 59.7 Å². The van der Waals surface area contributed by atoms with Crippen LogP contribution in [0.4, 0.5) is 14.6 Å². The van der Waals surface area contributed by atoms with E-state index < -0.39 is 24.1 Å². The fourth-order valence-corrected chi connectivity index (χ4v) is 3.55. The summed E-state index contributed by atoms with van der Waals surface area (Å²) in [6.07, 6.45) is 3.36. The molecule has 152 valence electrons. The number of anilines is 1. The van der Waals surface area contributed by atoms with E-state index in [-0.39, 0.29) is 18.7 Å². The number of aliphatic hydroxyl groups excluding tert-OH is 1. The minimum absolute atomic E-state index is 0.00565. The van der Waals surface area contributed by atoms with Crippen LogP contribution in [0.15, 0.2) is 37.2 Å². The van der Waals surface area contributed by atoms with E-state index in [1.54, 1.807) is 12.3 Å². The van der Waals surface area contributed by atoms with E-state index in [2.05, 4.69) is 22.0 Å². The van der Waals surface area contributed by atoms with Gasteiger partial charge in [-0.15, -0.1) is 0 Å². The highest BCUT2D eigenvalue weighted by molar-refractivity contribution is 5.70. The monoisotopic (exact) mass is 401 g/mol. The summed E-state index contributed by atoms with van der Waals surface area (Å²) >= 11 is 0. The molecule has 4 N–H and O–H groups in total. The Morgan fingerprint density at radius 1 is 1.52 bits per heavy atom. The third-order valence-electron chi connectivity index (χ3n) is 5.12. The number of ether oxygens (including phenoxy) is 1. The van der Waals surface area contributed by atoms with Crippen molar-refractivity contribution in [3.63, 3.8) is 0 Å². The number of nitrogens with zero attached hydrogens (tertiary/aromatic N) is 3. The molecule has 2 aromatic heterocycles. The van der Waals surface area contributed by atoms with E-state index in [9.17, 15) is 13.9 Å². The molecule has 29 heavy (non-hydrogen) atoms. The van der Waals surface area contributed by atoms with Crippen LogP contribution < -0.4 is 15.8 Å². The van der Waals surface area contributed by atoms with Crippen molar-refractivity contribution >= 4 is 17.2 Å². The van der Waals surface area contributed by atoms with Crippen molar-refractivity contribution in [1.29, 1.82) is 0 Å². The summed E-state index contributed by atoms with van der Waals surface area (Å²) in [6, 6.07) is 4.02. The molecule has 1 aromatic carbocycles. The van der Waals surface area contributed by atoms with Gasteiger partial charge in [0.15, 0.2) is 11.2 Å². The van der Waals surface area contributed by atoms with Gasteiger partial charge < -0.3 is 20.9 Å². The van der Waals surface area contributed by atoms with Crippen LogP contribution in [0.25, 0.3) is 11.4 Å². The largest absolute Gasteiger partial charge is 0.508 e. The number of benzene rings is 1. The highest BCUT2D eigenvalue weighted by Gasteiger charge is 2.40. The number of nitrogens with two attached hydrogens (primary N) is 1. The third kappa shape index (κ3) is 3.27. The van der Waals surface area contributed by atoms with Gasteiger partial charge in [0.25, 0.3) is 0 Å². The number of rotatable bonds is 6. The normalized spacial score (nSPS) is 19.0. The molecule has 1 aliphatic rings. The van der Waals surface area contributed by atoms with Gasteiger partial charge in [-0.05, 0) is 25.1 Å². The maximum atomic E-state index is 14.2. The van der Waals surface area contributed by atoms with Crippen molar-refractivity contribution in [1.82, 2.24) is 14.6 Å². The number of alkyl halides is 1. The summed E-state index contributed by atoms with van der Waals surface area (Å²) in [6.45, 7) is 4.57. The number of hydrogen-bond acceptors (Lipinski definition) is 6. The molecule has 9 heteroatoms. The van der Waals surface area contributed by atoms with Gasteiger partial charge in [-0.2, -0.15) is 5.10 Å². The maximum absolute atomic E-state index is 14.2. The average molecular weight is 401 g/mol. The standard InChI is InChI=1S/C20H21F2N5O2/c1-11(25-17-3-4-27-19(26-17)16(8-24-27)12(2)28)15-6-14(22)5-13-7-20(9-21,10-23)29-18(13)15/h3-6,8,11,28H,2,7,9-10,23H2,1H3,(H,25,26)/t11-,20?/m1/s1. The first-order valence-electron chi connectivity index (χ1n) is 9.12. The van der Waals surface area contributed by atoms with Crippen molar-refractivity contribution in [2.24, 2.45) is 5.73 Å². The van der Waals surface area contributed by atoms with E-state index in [4.69, 9.17) is 10.5 Å². The van der Waals surface area contributed by atoms with Crippen LogP contribution in [0.3, 0.4) is 0 Å². The summed E-state index contributed by atoms with van der Waals surface area (Å²) in [5.41, 5.74) is 6.53. The van der Waals surface area contributed by atoms with Gasteiger partial charge in [0.1, 0.15) is 29.8 Å². The summed E-state index contributed by atoms with van der Waals surface area (Å²) in [5, 5.41) is 17.0. The third-order valence-corrected chi connectivity index (χ3v) is 5.12. The molecule has 0 spiro atoms. The molecular weight excluding hydrogens is 380 g/mol. The van der Waals surface area contributed by atoms with E-state index in [1.807, 2.05) is 6.92 Å². The zero-order chi connectivity index (χ0) is 20.8. The lowest BCUT2D eigenvalue weighted by Gasteiger charge is -2.25. The molecule has 0 fully saturated rings. The highest BCUT2D eigenvalue weighted by atomic mass is 19.1. The van der Waals surface area contributed by atoms with Gasteiger partial charge >= 0.3 is 0 Å². The second kappa shape index (κ2) is 7.00. The van der Waals surface area contributed by atoms with E-state index in [0.717, 1.165) is 0 Å². The van der Waals surface area contributed by atoms with Crippen LogP contribution in [0.5, 0.6) is 5.75 Å². The highest BCUT2D eigenvalue weighted by Crippen LogP contribution is 2.41. The molecule has 4 rings (SSSR count). The first-order valence-corrected chi connectivity index (χ1v) is 9.12. The Kier molecular flexibility index (Phi) is 4.62. The van der Waals surface area contributed by atoms with E-state index in [0.29, 0.717) is 33.9 Å². The molecule has 0 saturated heterocycles. The molecule has 3 aromatic rings. The van der Waals surface area contributed by atoms with Crippen molar-refractivity contribution in [3.8, 4) is 5.75 Å². The smallest absolute Gasteiger partial charge is 0.168 e. The van der Waals surface area contributed by atoms with Crippen LogP contribution >= 0.6 is 0 Å². The van der Waals surface area contributed by atoms with Crippen molar-refractivity contribution in [2.75, 3.05) is 18.5 Å². The lowest BCUT2D eigenvalue weighted by Crippen LogP contribution is -2.44. The quantitative estimate of drug-likeness (QED) is 0.549. The number of nitrogens with one attached hydrogen (secondary N) is 1. The maximum Gasteiger partial charge on any atom is 0.168 e.